The Hall–Kier alpha value is -3.74. The maximum atomic E-state index is 12.1. The van der Waals surface area contributed by atoms with Crippen molar-refractivity contribution in [2.75, 3.05) is 12.4 Å². The molecule has 0 aliphatic carbocycles. The minimum Gasteiger partial charge on any atom is -0.465 e. The second-order valence-corrected chi connectivity index (χ2v) is 5.12. The number of pyridine rings is 1. The van der Waals surface area contributed by atoms with Crippen molar-refractivity contribution in [2.24, 2.45) is 5.73 Å². The van der Waals surface area contributed by atoms with Gasteiger partial charge in [0.25, 0.3) is 0 Å². The van der Waals surface area contributed by atoms with E-state index in [1.165, 1.54) is 25.5 Å². The lowest BCUT2D eigenvalue weighted by Gasteiger charge is -2.06. The molecule has 0 saturated carbocycles. The number of ether oxygens (including phenoxy) is 1. The Morgan fingerprint density at radius 2 is 2.12 bits per heavy atom. The molecule has 1 aromatic carbocycles. The third kappa shape index (κ3) is 4.64. The van der Waals surface area contributed by atoms with Crippen LogP contribution in [0.5, 0.6) is 0 Å². The van der Waals surface area contributed by atoms with Gasteiger partial charge in [-0.1, -0.05) is 6.07 Å². The van der Waals surface area contributed by atoms with Crippen LogP contribution in [0.2, 0.25) is 0 Å². The average molecular weight is 350 g/mol. The quantitative estimate of drug-likeness (QED) is 0.420. The molecule has 0 saturated heterocycles. The van der Waals surface area contributed by atoms with E-state index >= 15 is 0 Å². The van der Waals surface area contributed by atoms with E-state index in [-0.39, 0.29) is 5.91 Å². The van der Waals surface area contributed by atoms with Crippen LogP contribution in [0.4, 0.5) is 5.69 Å². The summed E-state index contributed by atoms with van der Waals surface area (Å²) in [5, 5.41) is 10.1. The first kappa shape index (κ1) is 18.6. The van der Waals surface area contributed by atoms with Gasteiger partial charge in [-0.05, 0) is 35.9 Å². The van der Waals surface area contributed by atoms with Crippen LogP contribution in [0, 0.1) is 5.41 Å². The van der Waals surface area contributed by atoms with Gasteiger partial charge in [-0.15, -0.1) is 0 Å². The van der Waals surface area contributed by atoms with Crippen molar-refractivity contribution in [1.82, 2.24) is 4.98 Å². The van der Waals surface area contributed by atoms with Crippen molar-refractivity contribution in [3.05, 3.63) is 71.7 Å². The summed E-state index contributed by atoms with van der Waals surface area (Å²) < 4.78 is 4.65. The SMILES string of the molecule is COC(=O)c1cccc(NC(=O)/C=C/c2cnccc2/C(C=N)=C/N)c1. The highest BCUT2D eigenvalue weighted by Crippen LogP contribution is 2.17. The van der Waals surface area contributed by atoms with Crippen LogP contribution in [0.25, 0.3) is 11.6 Å². The lowest BCUT2D eigenvalue weighted by molar-refractivity contribution is -0.111. The summed E-state index contributed by atoms with van der Waals surface area (Å²) in [4.78, 5) is 27.7. The molecule has 0 bridgehead atoms. The Morgan fingerprint density at radius 1 is 1.31 bits per heavy atom. The minimum absolute atomic E-state index is 0.340. The maximum absolute atomic E-state index is 12.1. The molecule has 7 nitrogen and oxygen atoms in total. The largest absolute Gasteiger partial charge is 0.465 e. The zero-order chi connectivity index (χ0) is 18.9. The first-order valence-corrected chi connectivity index (χ1v) is 7.63. The minimum atomic E-state index is -0.482. The molecule has 0 radical (unpaired) electrons. The van der Waals surface area contributed by atoms with Gasteiger partial charge in [0.1, 0.15) is 0 Å². The number of nitrogens with zero attached hydrogens (tertiary/aromatic N) is 1. The Bertz CT molecular complexity index is 888. The molecular weight excluding hydrogens is 332 g/mol. The molecule has 0 spiro atoms. The molecule has 0 atom stereocenters. The van der Waals surface area contributed by atoms with E-state index in [2.05, 4.69) is 15.0 Å². The number of amides is 1. The van der Waals surface area contributed by atoms with Gasteiger partial charge in [-0.2, -0.15) is 0 Å². The molecule has 1 heterocycles. The summed E-state index contributed by atoms with van der Waals surface area (Å²) >= 11 is 0. The van der Waals surface area contributed by atoms with E-state index in [0.717, 1.165) is 6.21 Å². The molecule has 0 aliphatic rings. The molecule has 132 valence electrons. The number of rotatable bonds is 6. The Balaban J connectivity index is 2.16. The number of esters is 1. The smallest absolute Gasteiger partial charge is 0.337 e. The number of hydrogen-bond donors (Lipinski definition) is 3. The second kappa shape index (κ2) is 8.93. The molecule has 2 aromatic rings. The Labute approximate surface area is 150 Å². The molecule has 1 aromatic heterocycles. The summed E-state index contributed by atoms with van der Waals surface area (Å²) in [6.45, 7) is 0. The molecule has 4 N–H and O–H groups in total. The van der Waals surface area contributed by atoms with Gasteiger partial charge in [0.2, 0.25) is 5.91 Å². The lowest BCUT2D eigenvalue weighted by Crippen LogP contribution is -2.09. The van der Waals surface area contributed by atoms with Crippen LogP contribution < -0.4 is 11.1 Å². The standard InChI is InChI=1S/C19H18N4O3/c1-26-19(25)13-3-2-4-16(9-13)23-18(24)6-5-14-12-22-8-7-17(14)15(10-20)11-21/h2-12,20H,21H2,1H3,(H,23,24)/b6-5+,15-11+,20-10?. The molecule has 7 heteroatoms. The Kier molecular flexibility index (Phi) is 6.39. The lowest BCUT2D eigenvalue weighted by atomic mass is 10.0. The monoisotopic (exact) mass is 350 g/mol. The van der Waals surface area contributed by atoms with E-state index in [1.807, 2.05) is 0 Å². The van der Waals surface area contributed by atoms with E-state index in [9.17, 15) is 9.59 Å². The highest BCUT2D eigenvalue weighted by Gasteiger charge is 2.07. The van der Waals surface area contributed by atoms with Gasteiger partial charge in [0.15, 0.2) is 0 Å². The van der Waals surface area contributed by atoms with Crippen molar-refractivity contribution in [1.29, 1.82) is 5.41 Å². The predicted octanol–water partition coefficient (Wildman–Crippen LogP) is 2.47. The number of benzene rings is 1. The third-order valence-corrected chi connectivity index (χ3v) is 3.46. The fourth-order valence-electron chi connectivity index (χ4n) is 2.21. The topological polar surface area (TPSA) is 118 Å². The summed E-state index contributed by atoms with van der Waals surface area (Å²) in [5.74, 6) is -0.862. The number of hydrogen-bond acceptors (Lipinski definition) is 6. The molecular formula is C19H18N4O3. The number of carbonyl (C=O) groups is 2. The number of nitrogens with two attached hydrogens (primary N) is 1. The highest BCUT2D eigenvalue weighted by molar-refractivity contribution is 6.10. The van der Waals surface area contributed by atoms with Gasteiger partial charge in [-0.25, -0.2) is 4.79 Å². The summed E-state index contributed by atoms with van der Waals surface area (Å²) in [5.41, 5.74) is 8.17. The number of aromatic nitrogens is 1. The van der Waals surface area contributed by atoms with E-state index in [4.69, 9.17) is 11.1 Å². The highest BCUT2D eigenvalue weighted by atomic mass is 16.5. The van der Waals surface area contributed by atoms with E-state index in [0.29, 0.717) is 28.0 Å². The van der Waals surface area contributed by atoms with E-state index < -0.39 is 5.97 Å². The third-order valence-electron chi connectivity index (χ3n) is 3.46. The van der Waals surface area contributed by atoms with Crippen molar-refractivity contribution < 1.29 is 14.3 Å². The van der Waals surface area contributed by atoms with Gasteiger partial charge < -0.3 is 21.2 Å². The summed E-state index contributed by atoms with van der Waals surface area (Å²) in [7, 11) is 1.29. The first-order chi connectivity index (χ1) is 12.6. The zero-order valence-electron chi connectivity index (χ0n) is 14.1. The van der Waals surface area contributed by atoms with Gasteiger partial charge in [0, 0.05) is 47.7 Å². The fraction of sp³-hybridized carbons (Fsp3) is 0.0526. The Morgan fingerprint density at radius 3 is 2.81 bits per heavy atom. The normalized spacial score (nSPS) is 11.2. The van der Waals surface area contributed by atoms with Crippen molar-refractivity contribution >= 4 is 35.4 Å². The van der Waals surface area contributed by atoms with E-state index in [1.54, 1.807) is 42.7 Å². The van der Waals surface area contributed by atoms with Crippen LogP contribution in [0.1, 0.15) is 21.5 Å². The average Bonchev–Trinajstić information content (AvgIpc) is 2.67. The predicted molar refractivity (Wildman–Crippen MR) is 101 cm³/mol. The molecule has 26 heavy (non-hydrogen) atoms. The summed E-state index contributed by atoms with van der Waals surface area (Å²) in [6.07, 6.45) is 8.52. The van der Waals surface area contributed by atoms with Crippen LogP contribution in [-0.2, 0) is 9.53 Å². The van der Waals surface area contributed by atoms with Crippen LogP contribution in [0.15, 0.2) is 55.0 Å². The summed E-state index contributed by atoms with van der Waals surface area (Å²) in [6, 6.07) is 8.14. The maximum Gasteiger partial charge on any atom is 0.337 e. The molecule has 0 aliphatic heterocycles. The molecule has 1 amide bonds. The van der Waals surface area contributed by atoms with Crippen LogP contribution in [-0.4, -0.2) is 30.2 Å². The van der Waals surface area contributed by atoms with Gasteiger partial charge in [0.05, 0.1) is 12.7 Å². The number of anilines is 1. The zero-order valence-corrected chi connectivity index (χ0v) is 14.1. The van der Waals surface area contributed by atoms with Gasteiger partial charge >= 0.3 is 5.97 Å². The number of nitrogens with one attached hydrogen (secondary N) is 2. The van der Waals surface area contributed by atoms with Crippen LogP contribution in [0.3, 0.4) is 0 Å². The molecule has 2 rings (SSSR count). The fourth-order valence-corrected chi connectivity index (χ4v) is 2.21. The number of allylic oxidation sites excluding steroid dienone is 1. The van der Waals surface area contributed by atoms with Crippen molar-refractivity contribution in [2.45, 2.75) is 0 Å². The number of carbonyl (C=O) groups excluding carboxylic acids is 2. The first-order valence-electron chi connectivity index (χ1n) is 7.63. The number of methoxy groups -OCH3 is 1. The molecule has 0 unspecified atom stereocenters. The van der Waals surface area contributed by atoms with Crippen molar-refractivity contribution in [3.8, 4) is 0 Å². The molecule has 0 fully saturated rings. The van der Waals surface area contributed by atoms with Crippen LogP contribution >= 0.6 is 0 Å². The second-order valence-electron chi connectivity index (χ2n) is 5.12. The van der Waals surface area contributed by atoms with Crippen molar-refractivity contribution in [3.63, 3.8) is 0 Å². The van der Waals surface area contributed by atoms with Gasteiger partial charge in [-0.3, -0.25) is 9.78 Å².